The Kier molecular flexibility index (Phi) is 3740. The molecule has 0 aromatic carbocycles. The Balaban J connectivity index is 0. The molecule has 0 amide bonds. The first-order valence-electron chi connectivity index (χ1n) is 0. The summed E-state index contributed by atoms with van der Waals surface area (Å²) in [5, 5.41) is 0. The third-order valence-corrected chi connectivity index (χ3v) is 0. The van der Waals surface area contributed by atoms with Gasteiger partial charge >= 0.3 is 59.1 Å². The van der Waals surface area contributed by atoms with Crippen LogP contribution in [-0.2, 0) is 0 Å². The smallest absolute Gasteiger partial charge is 0.870 e. The van der Waals surface area contributed by atoms with Crippen LogP contribution in [0, 0.1) is 0 Å². The number of hydrogen-bond donors (Lipinski definition) is 0. The van der Waals surface area contributed by atoms with Crippen LogP contribution < -0.4 is 59.1 Å². The van der Waals surface area contributed by atoms with E-state index in [9.17, 15) is 0 Å². The molecule has 0 saturated heterocycles. The van der Waals surface area contributed by atoms with Gasteiger partial charge in [0.1, 0.15) is 0 Å². The third-order valence-electron chi connectivity index (χ3n) is 0. The molecule has 66 valence electrons. The Labute approximate surface area is 144 Å². The summed E-state index contributed by atoms with van der Waals surface area (Å²) in [6.07, 6.45) is 0. The maximum absolute atomic E-state index is 0. The van der Waals surface area contributed by atoms with Crippen LogP contribution in [0.4, 0.5) is 0 Å². The van der Waals surface area contributed by atoms with Gasteiger partial charge in [0.25, 0.3) is 0 Å². The summed E-state index contributed by atoms with van der Waals surface area (Å²) in [5.41, 5.74) is 0. The normalized spacial score (nSPS) is 0. The second-order valence-electron chi connectivity index (χ2n) is 0. The molecule has 0 fully saturated rings. The standard InChI is InChI=1S/2Na.7H2O.2Sb/h;;7*1H2;;/q2*+1;;;;;;;;;/p-4. The zero-order chi connectivity index (χ0) is 0. The summed E-state index contributed by atoms with van der Waals surface area (Å²) in [6.45, 7) is 0. The van der Waals surface area contributed by atoms with Crippen molar-refractivity contribution < 1.29 is 97.4 Å². The van der Waals surface area contributed by atoms with Crippen LogP contribution >= 0.6 is 0 Å². The van der Waals surface area contributed by atoms with Gasteiger partial charge in [-0.25, -0.2) is 0 Å². The van der Waals surface area contributed by atoms with Crippen molar-refractivity contribution in [1.29, 1.82) is 0 Å². The Morgan fingerprint density at radius 1 is 0.364 bits per heavy atom. The Morgan fingerprint density at radius 2 is 0.364 bits per heavy atom. The van der Waals surface area contributed by atoms with E-state index >= 15 is 0 Å². The first kappa shape index (κ1) is 227. The molecule has 0 saturated carbocycles. The number of hydrogen-bond acceptors (Lipinski definition) is 4. The fraction of sp³-hybridized carbons (Fsp3) is 0. The topological polar surface area (TPSA) is 214 Å². The molecule has 10 N–H and O–H groups in total. The van der Waals surface area contributed by atoms with Crippen molar-refractivity contribution in [3.63, 3.8) is 0 Å². The average Bonchev–Trinajstić information content (AvgIpc) is 0. The predicted molar refractivity (Wildman–Crippen MR) is 30.1 cm³/mol. The van der Waals surface area contributed by atoms with Crippen LogP contribution in [-0.4, -0.2) is 87.2 Å². The molecule has 0 aromatic rings. The van der Waals surface area contributed by atoms with Crippen molar-refractivity contribution >= 4 is 48.9 Å². The summed E-state index contributed by atoms with van der Waals surface area (Å²) < 4.78 is 0. The minimum atomic E-state index is 0. The van der Waals surface area contributed by atoms with E-state index in [1.54, 1.807) is 0 Å². The molecule has 0 unspecified atom stereocenters. The van der Waals surface area contributed by atoms with Crippen molar-refractivity contribution in [2.45, 2.75) is 0 Å². The molecule has 0 rings (SSSR count). The van der Waals surface area contributed by atoms with E-state index in [1.807, 2.05) is 0 Å². The summed E-state index contributed by atoms with van der Waals surface area (Å²) in [5.74, 6) is 0. The molecule has 0 aromatic heterocycles. The van der Waals surface area contributed by atoms with Gasteiger partial charge in [0.15, 0.2) is 0 Å². The maximum Gasteiger partial charge on any atom is 1.00 e. The molecule has 0 aliphatic heterocycles. The summed E-state index contributed by atoms with van der Waals surface area (Å²) >= 11 is 0. The summed E-state index contributed by atoms with van der Waals surface area (Å²) in [7, 11) is 0. The monoisotopic (exact) mass is 410 g/mol. The van der Waals surface area contributed by atoms with Crippen LogP contribution in [0.3, 0.4) is 0 Å². The van der Waals surface area contributed by atoms with Gasteiger partial charge in [-0.1, -0.05) is 0 Å². The fourth-order valence-corrected chi connectivity index (χ4v) is 0. The zero-order valence-corrected chi connectivity index (χ0v) is 15.3. The second-order valence-corrected chi connectivity index (χ2v) is 0. The maximum atomic E-state index is 0. The van der Waals surface area contributed by atoms with E-state index in [2.05, 4.69) is 0 Å². The molecular weight excluding hydrogens is 401 g/mol. The van der Waals surface area contributed by atoms with Gasteiger partial charge in [-0.05, 0) is 0 Å². The van der Waals surface area contributed by atoms with E-state index in [4.69, 9.17) is 0 Å². The Morgan fingerprint density at radius 3 is 0.364 bits per heavy atom. The largest absolute Gasteiger partial charge is 1.00 e. The van der Waals surface area contributed by atoms with E-state index in [1.165, 1.54) is 0 Å². The van der Waals surface area contributed by atoms with Gasteiger partial charge in [0.2, 0.25) is 0 Å². The first-order valence-corrected chi connectivity index (χ1v) is 0. The van der Waals surface area contributed by atoms with Crippen LogP contribution in [0.2, 0.25) is 0 Å². The predicted octanol–water partition coefficient (Wildman–Crippen LogP) is -9.93. The molecular formula is H10Na2O7Sb2-2. The molecule has 11 heteroatoms. The van der Waals surface area contributed by atoms with E-state index in [0.717, 1.165) is 0 Å². The summed E-state index contributed by atoms with van der Waals surface area (Å²) in [6, 6.07) is 0. The van der Waals surface area contributed by atoms with Crippen LogP contribution in [0.15, 0.2) is 0 Å². The Bertz CT molecular complexity index is 14.4. The van der Waals surface area contributed by atoms with E-state index in [0.29, 0.717) is 0 Å². The second kappa shape index (κ2) is 181. The minimum Gasteiger partial charge on any atom is -0.870 e. The quantitative estimate of drug-likeness (QED) is 0.354. The van der Waals surface area contributed by atoms with Crippen LogP contribution in [0.25, 0.3) is 0 Å². The zero-order valence-electron chi connectivity index (χ0n) is 6.18. The van der Waals surface area contributed by atoms with Crippen LogP contribution in [0.5, 0.6) is 0 Å². The van der Waals surface area contributed by atoms with Gasteiger partial charge in [-0.15, -0.1) is 0 Å². The van der Waals surface area contributed by atoms with E-state index in [-0.39, 0.29) is 146 Å². The van der Waals surface area contributed by atoms with Gasteiger partial charge in [0, 0.05) is 48.9 Å². The fourth-order valence-electron chi connectivity index (χ4n) is 0. The molecule has 6 radical (unpaired) electrons. The SMILES string of the molecule is O.O.O.[Na+].[Na+].[OH-].[OH-].[OH-].[OH-].[Sb].[Sb]. The van der Waals surface area contributed by atoms with Crippen molar-refractivity contribution in [3.8, 4) is 0 Å². The van der Waals surface area contributed by atoms with Gasteiger partial charge < -0.3 is 38.3 Å². The molecule has 0 spiro atoms. The van der Waals surface area contributed by atoms with Crippen molar-refractivity contribution in [2.75, 3.05) is 0 Å². The third kappa shape index (κ3) is 153. The summed E-state index contributed by atoms with van der Waals surface area (Å²) in [4.78, 5) is 0. The van der Waals surface area contributed by atoms with Crippen molar-refractivity contribution in [1.82, 2.24) is 0 Å². The minimum absolute atomic E-state index is 0. The van der Waals surface area contributed by atoms with Gasteiger partial charge in [-0.2, -0.15) is 0 Å². The van der Waals surface area contributed by atoms with E-state index < -0.39 is 0 Å². The molecule has 0 atom stereocenters. The molecule has 0 aliphatic rings. The first-order chi connectivity index (χ1) is 0. The molecule has 11 heavy (non-hydrogen) atoms. The molecule has 0 aliphatic carbocycles. The molecule has 0 heterocycles. The molecule has 7 nitrogen and oxygen atoms in total. The van der Waals surface area contributed by atoms with Gasteiger partial charge in [-0.3, -0.25) is 0 Å². The Hall–Kier alpha value is 3.36. The average molecular weight is 412 g/mol. The van der Waals surface area contributed by atoms with Gasteiger partial charge in [0.05, 0.1) is 0 Å². The molecule has 0 bridgehead atoms. The number of rotatable bonds is 0. The van der Waals surface area contributed by atoms with Crippen molar-refractivity contribution in [3.05, 3.63) is 0 Å². The van der Waals surface area contributed by atoms with Crippen LogP contribution in [0.1, 0.15) is 0 Å². The van der Waals surface area contributed by atoms with Crippen molar-refractivity contribution in [2.24, 2.45) is 0 Å².